The van der Waals surface area contributed by atoms with Crippen molar-refractivity contribution in [2.45, 2.75) is 59.3 Å². The quantitative estimate of drug-likeness (QED) is 0.211. The Labute approximate surface area is 226 Å². The van der Waals surface area contributed by atoms with Gasteiger partial charge in [0, 0.05) is 30.2 Å². The van der Waals surface area contributed by atoms with Gasteiger partial charge in [-0.05, 0) is 75.7 Å². The second-order valence-electron chi connectivity index (χ2n) is 10.1. The summed E-state index contributed by atoms with van der Waals surface area (Å²) < 4.78 is 18.3. The predicted octanol–water partition coefficient (Wildman–Crippen LogP) is 5.81. The van der Waals surface area contributed by atoms with Crippen LogP contribution in [0.3, 0.4) is 0 Å². The zero-order valence-electron chi connectivity index (χ0n) is 22.0. The first-order valence-corrected chi connectivity index (χ1v) is 12.7. The third kappa shape index (κ3) is 6.52. The summed E-state index contributed by atoms with van der Waals surface area (Å²) in [5, 5.41) is 18.3. The fourth-order valence-corrected chi connectivity index (χ4v) is 4.11. The standard InChI is InChI=1S/C28H30ClN5O4/c1-17(2)36-24-9-7-19(13-20(24)14-30)26-32-27(33-38-26)34-16-22(29)21-12-18(6-8-23(21)34)15-31-11-10-25(35)37-28(3,4)5/h6-9,12-13,16-17,31H,10-11,15H2,1-5H3. The van der Waals surface area contributed by atoms with Crippen molar-refractivity contribution < 1.29 is 18.8 Å². The minimum Gasteiger partial charge on any atom is -0.490 e. The smallest absolute Gasteiger partial charge is 0.307 e. The Morgan fingerprint density at radius 3 is 2.74 bits per heavy atom. The fraction of sp³-hybridized carbons (Fsp3) is 0.357. The molecule has 9 nitrogen and oxygen atoms in total. The minimum absolute atomic E-state index is 0.0525. The molecule has 10 heteroatoms. The van der Waals surface area contributed by atoms with E-state index in [2.05, 4.69) is 21.5 Å². The van der Waals surface area contributed by atoms with Crippen LogP contribution >= 0.6 is 11.6 Å². The van der Waals surface area contributed by atoms with Gasteiger partial charge in [-0.25, -0.2) is 0 Å². The van der Waals surface area contributed by atoms with E-state index in [1.54, 1.807) is 29.0 Å². The van der Waals surface area contributed by atoms with Gasteiger partial charge in [0.15, 0.2) is 0 Å². The maximum absolute atomic E-state index is 11.9. The maximum atomic E-state index is 11.9. The molecule has 0 unspecified atom stereocenters. The van der Waals surface area contributed by atoms with Crippen LogP contribution in [0.2, 0.25) is 5.02 Å². The van der Waals surface area contributed by atoms with Crippen LogP contribution in [0.15, 0.2) is 47.1 Å². The van der Waals surface area contributed by atoms with Crippen LogP contribution in [0.4, 0.5) is 0 Å². The molecular weight excluding hydrogens is 506 g/mol. The number of nitrogens with zero attached hydrogens (tertiary/aromatic N) is 4. The van der Waals surface area contributed by atoms with Gasteiger partial charge in [0.05, 0.1) is 28.6 Å². The Hall–Kier alpha value is -3.87. The third-order valence-electron chi connectivity index (χ3n) is 5.42. The molecule has 4 aromatic rings. The Kier molecular flexibility index (Phi) is 8.05. The zero-order chi connectivity index (χ0) is 27.4. The van der Waals surface area contributed by atoms with E-state index in [0.717, 1.165) is 16.5 Å². The number of benzene rings is 2. The van der Waals surface area contributed by atoms with Crippen LogP contribution in [-0.4, -0.2) is 38.9 Å². The molecule has 0 saturated carbocycles. The van der Waals surface area contributed by atoms with Crippen LogP contribution in [0, 0.1) is 11.3 Å². The normalized spacial score (nSPS) is 11.6. The Morgan fingerprint density at radius 2 is 2.03 bits per heavy atom. The highest BCUT2D eigenvalue weighted by atomic mass is 35.5. The molecule has 4 rings (SSSR count). The molecular formula is C28H30ClN5O4. The molecule has 2 heterocycles. The first-order chi connectivity index (χ1) is 18.0. The summed E-state index contributed by atoms with van der Waals surface area (Å²) in [7, 11) is 0. The average Bonchev–Trinajstić information content (AvgIpc) is 3.45. The summed E-state index contributed by atoms with van der Waals surface area (Å²) in [5.74, 6) is 0.866. The van der Waals surface area contributed by atoms with Gasteiger partial charge in [-0.15, -0.1) is 0 Å². The van der Waals surface area contributed by atoms with E-state index in [0.29, 0.717) is 47.4 Å². The van der Waals surface area contributed by atoms with Crippen molar-refractivity contribution in [2.75, 3.05) is 6.54 Å². The average molecular weight is 536 g/mol. The maximum Gasteiger partial charge on any atom is 0.307 e. The van der Waals surface area contributed by atoms with Crippen molar-refractivity contribution in [3.05, 3.63) is 58.7 Å². The molecule has 1 N–H and O–H groups in total. The number of carbonyl (C=O) groups is 1. The molecule has 198 valence electrons. The minimum atomic E-state index is -0.488. The van der Waals surface area contributed by atoms with Gasteiger partial charge >= 0.3 is 5.97 Å². The first-order valence-electron chi connectivity index (χ1n) is 12.3. The van der Waals surface area contributed by atoms with E-state index in [1.165, 1.54) is 0 Å². The number of rotatable bonds is 9. The van der Waals surface area contributed by atoms with Gasteiger partial charge in [-0.3, -0.25) is 9.36 Å². The van der Waals surface area contributed by atoms with E-state index >= 15 is 0 Å². The lowest BCUT2D eigenvalue weighted by atomic mass is 10.1. The van der Waals surface area contributed by atoms with E-state index in [1.807, 2.05) is 52.8 Å². The molecule has 2 aromatic heterocycles. The van der Waals surface area contributed by atoms with Gasteiger partial charge in [0.1, 0.15) is 17.4 Å². The highest BCUT2D eigenvalue weighted by Gasteiger charge is 2.18. The molecule has 0 aliphatic rings. The van der Waals surface area contributed by atoms with Gasteiger partial charge < -0.3 is 19.3 Å². The van der Waals surface area contributed by atoms with Crippen molar-refractivity contribution >= 4 is 28.5 Å². The number of aromatic nitrogens is 3. The lowest BCUT2D eigenvalue weighted by Crippen LogP contribution is -2.26. The molecule has 0 bridgehead atoms. The number of halogens is 1. The monoisotopic (exact) mass is 535 g/mol. The Morgan fingerprint density at radius 1 is 1.24 bits per heavy atom. The molecule has 38 heavy (non-hydrogen) atoms. The van der Waals surface area contributed by atoms with Crippen molar-refractivity contribution in [3.8, 4) is 29.2 Å². The molecule has 0 aliphatic carbocycles. The van der Waals surface area contributed by atoms with E-state index in [-0.39, 0.29) is 18.0 Å². The third-order valence-corrected chi connectivity index (χ3v) is 5.72. The van der Waals surface area contributed by atoms with Crippen LogP contribution in [-0.2, 0) is 16.1 Å². The van der Waals surface area contributed by atoms with Crippen LogP contribution in [0.1, 0.15) is 52.2 Å². The lowest BCUT2D eigenvalue weighted by Gasteiger charge is -2.19. The molecule has 0 atom stereocenters. The summed E-state index contributed by atoms with van der Waals surface area (Å²) in [5.41, 5.74) is 2.34. The van der Waals surface area contributed by atoms with E-state index in [4.69, 9.17) is 25.6 Å². The largest absolute Gasteiger partial charge is 0.490 e. The number of nitriles is 1. The van der Waals surface area contributed by atoms with Gasteiger partial charge in [-0.2, -0.15) is 10.2 Å². The van der Waals surface area contributed by atoms with Crippen LogP contribution in [0.25, 0.3) is 28.3 Å². The predicted molar refractivity (Wildman–Crippen MR) is 144 cm³/mol. The zero-order valence-corrected chi connectivity index (χ0v) is 22.8. The molecule has 0 spiro atoms. The van der Waals surface area contributed by atoms with Crippen LogP contribution < -0.4 is 10.1 Å². The summed E-state index contributed by atoms with van der Waals surface area (Å²) >= 11 is 6.55. The van der Waals surface area contributed by atoms with Crippen molar-refractivity contribution in [2.24, 2.45) is 0 Å². The molecule has 0 saturated heterocycles. The van der Waals surface area contributed by atoms with Crippen molar-refractivity contribution in [3.63, 3.8) is 0 Å². The lowest BCUT2D eigenvalue weighted by molar-refractivity contribution is -0.154. The van der Waals surface area contributed by atoms with Gasteiger partial charge in [0.25, 0.3) is 11.8 Å². The molecule has 0 fully saturated rings. The second kappa shape index (κ2) is 11.3. The number of esters is 1. The number of nitrogens with one attached hydrogen (secondary N) is 1. The highest BCUT2D eigenvalue weighted by molar-refractivity contribution is 6.35. The number of hydrogen-bond donors (Lipinski definition) is 1. The number of carbonyl (C=O) groups excluding carboxylic acids is 1. The number of fused-ring (bicyclic) bond motifs is 1. The molecule has 2 aromatic carbocycles. The summed E-state index contributed by atoms with van der Waals surface area (Å²) in [6, 6.07) is 13.2. The first kappa shape index (κ1) is 27.2. The van der Waals surface area contributed by atoms with E-state index in [9.17, 15) is 10.1 Å². The van der Waals surface area contributed by atoms with Crippen molar-refractivity contribution in [1.82, 2.24) is 20.0 Å². The summed E-state index contributed by atoms with van der Waals surface area (Å²) in [6.07, 6.45) is 1.98. The molecule has 0 aliphatic heterocycles. The Bertz CT molecular complexity index is 1490. The topological polar surface area (TPSA) is 115 Å². The van der Waals surface area contributed by atoms with Gasteiger partial charge in [-0.1, -0.05) is 17.7 Å². The fourth-order valence-electron chi connectivity index (χ4n) is 3.87. The highest BCUT2D eigenvalue weighted by Crippen LogP contribution is 2.31. The second-order valence-corrected chi connectivity index (χ2v) is 10.5. The summed E-state index contributed by atoms with van der Waals surface area (Å²) in [6.45, 7) is 10.4. The van der Waals surface area contributed by atoms with E-state index < -0.39 is 5.60 Å². The van der Waals surface area contributed by atoms with Crippen molar-refractivity contribution in [1.29, 1.82) is 5.26 Å². The molecule has 0 amide bonds. The molecule has 0 radical (unpaired) electrons. The van der Waals surface area contributed by atoms with Crippen LogP contribution in [0.5, 0.6) is 5.75 Å². The SMILES string of the molecule is CC(C)Oc1ccc(-c2nc(-n3cc(Cl)c4cc(CNCCC(=O)OC(C)(C)C)ccc43)no2)cc1C#N. The Balaban J connectivity index is 1.48. The van der Waals surface area contributed by atoms with Gasteiger partial charge in [0.2, 0.25) is 0 Å². The number of hydrogen-bond acceptors (Lipinski definition) is 8. The number of ether oxygens (including phenoxy) is 2. The summed E-state index contributed by atoms with van der Waals surface area (Å²) in [4.78, 5) is 16.4.